The van der Waals surface area contributed by atoms with Gasteiger partial charge in [-0.2, -0.15) is 0 Å². The lowest BCUT2D eigenvalue weighted by molar-refractivity contribution is -0.385. The average Bonchev–Trinajstić information content (AvgIpc) is 3.39. The van der Waals surface area contributed by atoms with Crippen LogP contribution in [0.4, 0.5) is 11.6 Å². The molecular formula is C26H26N6O4. The van der Waals surface area contributed by atoms with Crippen molar-refractivity contribution in [1.82, 2.24) is 15.0 Å². The molecule has 1 aliphatic rings. The number of hydrogen-bond donors (Lipinski definition) is 1. The Labute approximate surface area is 208 Å². The van der Waals surface area contributed by atoms with Crippen LogP contribution in [0.25, 0.3) is 11.3 Å². The van der Waals surface area contributed by atoms with Crippen LogP contribution in [0.2, 0.25) is 0 Å². The van der Waals surface area contributed by atoms with Crippen LogP contribution < -0.4 is 5.32 Å². The summed E-state index contributed by atoms with van der Waals surface area (Å²) in [5.41, 5.74) is 2.53. The third-order valence-corrected chi connectivity index (χ3v) is 5.87. The predicted octanol–water partition coefficient (Wildman–Crippen LogP) is 4.52. The molecule has 1 aliphatic heterocycles. The first-order valence-corrected chi connectivity index (χ1v) is 11.7. The van der Waals surface area contributed by atoms with Crippen molar-refractivity contribution in [3.05, 3.63) is 87.9 Å². The predicted molar refractivity (Wildman–Crippen MR) is 136 cm³/mol. The van der Waals surface area contributed by atoms with Gasteiger partial charge < -0.3 is 10.1 Å². The van der Waals surface area contributed by atoms with Gasteiger partial charge in [0, 0.05) is 30.6 Å². The number of aromatic nitrogens is 3. The first-order valence-electron chi connectivity index (χ1n) is 11.7. The minimum absolute atomic E-state index is 0.0763. The maximum absolute atomic E-state index is 12.5. The van der Waals surface area contributed by atoms with E-state index in [1.54, 1.807) is 19.2 Å². The standard InChI is InChI=1S/C26H26N6O4/c1-3-18-6-8-19(9-7-18)23-21(24(33)36-4-2)17-29-25(31-23)27-15-13-26(12-5-14-30-26)22-11-10-20(16-28-22)32(34)35/h5-12,14,16-17H,3-4,13,15H2,1-2H3,(H,27,29,31). The van der Waals surface area contributed by atoms with Gasteiger partial charge in [-0.1, -0.05) is 31.2 Å². The van der Waals surface area contributed by atoms with Crippen LogP contribution in [0.5, 0.6) is 0 Å². The second-order valence-electron chi connectivity index (χ2n) is 8.12. The Kier molecular flexibility index (Phi) is 7.43. The van der Waals surface area contributed by atoms with E-state index < -0.39 is 16.4 Å². The second kappa shape index (κ2) is 10.9. The number of ether oxygens (including phenoxy) is 1. The summed E-state index contributed by atoms with van der Waals surface area (Å²) in [7, 11) is 0. The van der Waals surface area contributed by atoms with E-state index in [2.05, 4.69) is 32.2 Å². The van der Waals surface area contributed by atoms with Crippen molar-refractivity contribution in [3.63, 3.8) is 0 Å². The van der Waals surface area contributed by atoms with Gasteiger partial charge in [-0.25, -0.2) is 14.8 Å². The van der Waals surface area contributed by atoms with Gasteiger partial charge in [0.15, 0.2) is 0 Å². The molecule has 0 saturated heterocycles. The maximum Gasteiger partial charge on any atom is 0.341 e. The molecule has 0 spiro atoms. The number of carbonyl (C=O) groups is 1. The van der Waals surface area contributed by atoms with Crippen molar-refractivity contribution in [3.8, 4) is 11.3 Å². The number of carbonyl (C=O) groups excluding carboxylic acids is 1. The Hall–Kier alpha value is -4.47. The summed E-state index contributed by atoms with van der Waals surface area (Å²) in [6, 6.07) is 10.9. The number of aryl methyl sites for hydroxylation is 1. The molecule has 3 aromatic rings. The molecule has 0 saturated carbocycles. The highest BCUT2D eigenvalue weighted by atomic mass is 16.6. The number of allylic oxidation sites excluding steroid dienone is 1. The highest BCUT2D eigenvalue weighted by Gasteiger charge is 2.32. The molecule has 2 aromatic heterocycles. The topological polar surface area (TPSA) is 132 Å². The van der Waals surface area contributed by atoms with E-state index in [4.69, 9.17) is 4.74 Å². The number of rotatable bonds is 10. The summed E-state index contributed by atoms with van der Waals surface area (Å²) in [4.78, 5) is 40.8. The van der Waals surface area contributed by atoms with E-state index in [9.17, 15) is 14.9 Å². The summed E-state index contributed by atoms with van der Waals surface area (Å²) in [6.07, 6.45) is 9.54. The Morgan fingerprint density at radius 3 is 2.53 bits per heavy atom. The number of hydrogen-bond acceptors (Lipinski definition) is 9. The number of benzene rings is 1. The summed E-state index contributed by atoms with van der Waals surface area (Å²) < 4.78 is 5.20. The number of aliphatic imine (C=N–C) groups is 1. The molecule has 0 radical (unpaired) electrons. The Bertz CT molecular complexity index is 1290. The van der Waals surface area contributed by atoms with Crippen LogP contribution in [0.3, 0.4) is 0 Å². The first-order chi connectivity index (χ1) is 17.5. The van der Waals surface area contributed by atoms with Crippen molar-refractivity contribution in [2.24, 2.45) is 4.99 Å². The smallest absolute Gasteiger partial charge is 0.341 e. The molecular weight excluding hydrogens is 460 g/mol. The largest absolute Gasteiger partial charge is 0.462 e. The lowest BCUT2D eigenvalue weighted by atomic mass is 9.92. The van der Waals surface area contributed by atoms with Gasteiger partial charge in [-0.3, -0.25) is 20.1 Å². The molecule has 36 heavy (non-hydrogen) atoms. The van der Waals surface area contributed by atoms with Gasteiger partial charge in [0.1, 0.15) is 17.3 Å². The van der Waals surface area contributed by atoms with Gasteiger partial charge in [-0.15, -0.1) is 0 Å². The molecule has 10 heteroatoms. The van der Waals surface area contributed by atoms with E-state index >= 15 is 0 Å². The summed E-state index contributed by atoms with van der Waals surface area (Å²) in [6.45, 7) is 4.52. The van der Waals surface area contributed by atoms with Crippen molar-refractivity contribution >= 4 is 23.8 Å². The number of nitrogens with zero attached hydrogens (tertiary/aromatic N) is 5. The number of pyridine rings is 1. The van der Waals surface area contributed by atoms with Crippen LogP contribution >= 0.6 is 0 Å². The molecule has 3 heterocycles. The van der Waals surface area contributed by atoms with Crippen molar-refractivity contribution in [1.29, 1.82) is 0 Å². The zero-order valence-corrected chi connectivity index (χ0v) is 20.0. The maximum atomic E-state index is 12.5. The minimum Gasteiger partial charge on any atom is -0.462 e. The molecule has 0 amide bonds. The fourth-order valence-corrected chi connectivity index (χ4v) is 3.91. The number of esters is 1. The summed E-state index contributed by atoms with van der Waals surface area (Å²) >= 11 is 0. The van der Waals surface area contributed by atoms with E-state index in [0.717, 1.165) is 12.0 Å². The fourth-order valence-electron chi connectivity index (χ4n) is 3.91. The normalized spacial score (nSPS) is 16.2. The van der Waals surface area contributed by atoms with E-state index in [-0.39, 0.29) is 12.3 Å². The molecule has 0 aliphatic carbocycles. The SMILES string of the molecule is CCOC(=O)c1cnc(NCCC2(c3ccc([N+](=O)[O-])cn3)C=CC=N2)nc1-c1ccc(CC)cc1. The number of nitrogens with one attached hydrogen (secondary N) is 1. The lowest BCUT2D eigenvalue weighted by Crippen LogP contribution is -2.25. The van der Waals surface area contributed by atoms with Crippen LogP contribution in [0.15, 0.2) is 65.9 Å². The van der Waals surface area contributed by atoms with Crippen molar-refractivity contribution in [2.45, 2.75) is 32.2 Å². The first kappa shape index (κ1) is 24.6. The quantitative estimate of drug-likeness (QED) is 0.251. The Morgan fingerprint density at radius 1 is 1.11 bits per heavy atom. The molecule has 1 aromatic carbocycles. The van der Waals surface area contributed by atoms with Crippen LogP contribution in [-0.2, 0) is 16.7 Å². The average molecular weight is 487 g/mol. The minimum atomic E-state index is -0.744. The molecule has 184 valence electrons. The van der Waals surface area contributed by atoms with Gasteiger partial charge in [-0.05, 0) is 43.5 Å². The molecule has 1 unspecified atom stereocenters. The molecule has 0 fully saturated rings. The Morgan fingerprint density at radius 2 is 1.92 bits per heavy atom. The zero-order chi connectivity index (χ0) is 25.5. The number of nitro groups is 1. The second-order valence-corrected chi connectivity index (χ2v) is 8.12. The van der Waals surface area contributed by atoms with E-state index in [0.29, 0.717) is 35.9 Å². The number of anilines is 1. The van der Waals surface area contributed by atoms with Crippen LogP contribution in [0, 0.1) is 10.1 Å². The molecule has 0 bridgehead atoms. The third-order valence-electron chi connectivity index (χ3n) is 5.87. The summed E-state index contributed by atoms with van der Waals surface area (Å²) in [5.74, 6) is -0.123. The summed E-state index contributed by atoms with van der Waals surface area (Å²) in [5, 5.41) is 14.2. The monoisotopic (exact) mass is 486 g/mol. The van der Waals surface area contributed by atoms with Crippen LogP contribution in [0.1, 0.15) is 41.9 Å². The molecule has 10 nitrogen and oxygen atoms in total. The van der Waals surface area contributed by atoms with E-state index in [1.807, 2.05) is 36.4 Å². The van der Waals surface area contributed by atoms with Crippen molar-refractivity contribution in [2.75, 3.05) is 18.5 Å². The zero-order valence-electron chi connectivity index (χ0n) is 20.0. The lowest BCUT2D eigenvalue weighted by Gasteiger charge is -2.23. The third kappa shape index (κ3) is 5.27. The molecule has 1 N–H and O–H groups in total. The van der Waals surface area contributed by atoms with Gasteiger partial charge in [0.05, 0.1) is 22.9 Å². The van der Waals surface area contributed by atoms with Crippen LogP contribution in [-0.4, -0.2) is 45.2 Å². The highest BCUT2D eigenvalue weighted by molar-refractivity contribution is 5.96. The van der Waals surface area contributed by atoms with Crippen molar-refractivity contribution < 1.29 is 14.5 Å². The highest BCUT2D eigenvalue weighted by Crippen LogP contribution is 2.33. The van der Waals surface area contributed by atoms with Gasteiger partial charge >= 0.3 is 5.97 Å². The molecule has 1 atom stereocenters. The van der Waals surface area contributed by atoms with E-state index in [1.165, 1.54) is 24.0 Å². The molecule has 4 rings (SSSR count). The fraction of sp³-hybridized carbons (Fsp3) is 0.269. The Balaban J connectivity index is 1.55. The van der Waals surface area contributed by atoms with Gasteiger partial charge in [0.25, 0.3) is 5.69 Å². The van der Waals surface area contributed by atoms with Gasteiger partial charge in [0.2, 0.25) is 5.95 Å².